The van der Waals surface area contributed by atoms with Crippen molar-refractivity contribution in [2.75, 3.05) is 7.11 Å². The van der Waals surface area contributed by atoms with E-state index in [-0.39, 0.29) is 0 Å². The minimum Gasteiger partial charge on any atom is -0.378 e. The van der Waals surface area contributed by atoms with Crippen LogP contribution in [0.1, 0.15) is 22.2 Å². The molecule has 0 bridgehead atoms. The minimum atomic E-state index is 0.469. The van der Waals surface area contributed by atoms with Gasteiger partial charge in [-0.1, -0.05) is 12.2 Å². The number of hydrogen-bond donors (Lipinski definition) is 1. The fraction of sp³-hybridized carbons (Fsp3) is 0.364. The molecule has 2 aromatic rings. The summed E-state index contributed by atoms with van der Waals surface area (Å²) in [5.74, 6) is 0.810. The molecule has 0 radical (unpaired) electrons. The minimum absolute atomic E-state index is 0.469. The lowest BCUT2D eigenvalue weighted by atomic mass is 10.3. The number of aromatic nitrogens is 3. The van der Waals surface area contributed by atoms with Gasteiger partial charge in [0.15, 0.2) is 0 Å². The maximum atomic E-state index is 5.21. The van der Waals surface area contributed by atoms with E-state index in [0.717, 1.165) is 26.7 Å². The quantitative estimate of drug-likeness (QED) is 0.862. The average Bonchev–Trinajstić information content (AvgIpc) is 2.71. The van der Waals surface area contributed by atoms with Gasteiger partial charge in [-0.25, -0.2) is 9.97 Å². The predicted molar refractivity (Wildman–Crippen MR) is 77.5 cm³/mol. The van der Waals surface area contributed by atoms with Gasteiger partial charge in [-0.15, -0.1) is 11.3 Å². The number of hydrogen-bond acceptors (Lipinski definition) is 5. The summed E-state index contributed by atoms with van der Waals surface area (Å²) in [6.45, 7) is 2.45. The smallest absolute Gasteiger partial charge is 0.144 e. The van der Waals surface area contributed by atoms with Crippen molar-refractivity contribution in [3.8, 4) is 0 Å². The second-order valence-electron chi connectivity index (χ2n) is 3.77. The molecule has 2 aromatic heterocycles. The molecule has 0 aliphatic heterocycles. The SMILES string of the molecule is COCc1[nH]c(Cc2nc(C)cs2)nc(=S)c1Br. The molecule has 0 aliphatic rings. The van der Waals surface area contributed by atoms with Crippen LogP contribution < -0.4 is 0 Å². The van der Waals surface area contributed by atoms with E-state index >= 15 is 0 Å². The van der Waals surface area contributed by atoms with Crippen molar-refractivity contribution < 1.29 is 4.74 Å². The summed E-state index contributed by atoms with van der Waals surface area (Å²) in [5, 5.41) is 3.05. The third-order valence-electron chi connectivity index (χ3n) is 2.26. The zero-order chi connectivity index (χ0) is 13.1. The van der Waals surface area contributed by atoms with Crippen LogP contribution in [-0.4, -0.2) is 22.1 Å². The highest BCUT2D eigenvalue weighted by Crippen LogP contribution is 2.18. The highest BCUT2D eigenvalue weighted by atomic mass is 79.9. The van der Waals surface area contributed by atoms with Crippen LogP contribution in [0.4, 0.5) is 0 Å². The molecule has 0 amide bonds. The Morgan fingerprint density at radius 2 is 2.28 bits per heavy atom. The maximum absolute atomic E-state index is 5.21. The van der Waals surface area contributed by atoms with Gasteiger partial charge in [0.05, 0.1) is 23.2 Å². The van der Waals surface area contributed by atoms with Gasteiger partial charge in [-0.05, 0) is 22.9 Å². The third kappa shape index (κ3) is 3.23. The van der Waals surface area contributed by atoms with Crippen molar-refractivity contribution in [1.82, 2.24) is 15.0 Å². The highest BCUT2D eigenvalue weighted by Gasteiger charge is 2.08. The molecule has 96 valence electrons. The van der Waals surface area contributed by atoms with Crippen LogP contribution in [0.5, 0.6) is 0 Å². The van der Waals surface area contributed by atoms with Crippen LogP contribution in [-0.2, 0) is 17.8 Å². The molecule has 4 nitrogen and oxygen atoms in total. The number of aryl methyl sites for hydroxylation is 1. The molecule has 0 atom stereocenters. The van der Waals surface area contributed by atoms with Gasteiger partial charge in [0.1, 0.15) is 15.5 Å². The number of nitrogens with one attached hydrogen (secondary N) is 1. The Labute approximate surface area is 123 Å². The van der Waals surface area contributed by atoms with Gasteiger partial charge in [0.25, 0.3) is 0 Å². The molecule has 7 heteroatoms. The standard InChI is InChI=1S/C11H12BrN3OS2/c1-6-5-18-9(13-6)3-8-14-7(4-16-2)10(12)11(17)15-8/h5H,3-4H2,1-2H3,(H,14,15,17). The van der Waals surface area contributed by atoms with E-state index < -0.39 is 0 Å². The van der Waals surface area contributed by atoms with Gasteiger partial charge in [-0.2, -0.15) is 0 Å². The molecular formula is C11H12BrN3OS2. The molecule has 0 saturated heterocycles. The van der Waals surface area contributed by atoms with E-state index in [4.69, 9.17) is 17.0 Å². The zero-order valence-electron chi connectivity index (χ0n) is 9.99. The molecule has 0 spiro atoms. The molecule has 2 rings (SSSR count). The Balaban J connectivity index is 2.31. The topological polar surface area (TPSA) is 50.8 Å². The summed E-state index contributed by atoms with van der Waals surface area (Å²) in [6.07, 6.45) is 0.659. The molecule has 0 unspecified atom stereocenters. The number of thiazole rings is 1. The molecule has 2 heterocycles. The van der Waals surface area contributed by atoms with Gasteiger partial charge in [-0.3, -0.25) is 0 Å². The largest absolute Gasteiger partial charge is 0.378 e. The lowest BCUT2D eigenvalue weighted by Gasteiger charge is -2.06. The molecular weight excluding hydrogens is 334 g/mol. The Morgan fingerprint density at radius 1 is 1.50 bits per heavy atom. The maximum Gasteiger partial charge on any atom is 0.144 e. The second kappa shape index (κ2) is 6.01. The Kier molecular flexibility index (Phi) is 4.60. The van der Waals surface area contributed by atoms with E-state index in [0.29, 0.717) is 17.7 Å². The van der Waals surface area contributed by atoms with Crippen molar-refractivity contribution in [1.29, 1.82) is 0 Å². The summed E-state index contributed by atoms with van der Waals surface area (Å²) in [7, 11) is 1.65. The number of halogens is 1. The summed E-state index contributed by atoms with van der Waals surface area (Å²) in [6, 6.07) is 0. The summed E-state index contributed by atoms with van der Waals surface area (Å²) >= 11 is 10.3. The molecule has 18 heavy (non-hydrogen) atoms. The van der Waals surface area contributed by atoms with Crippen molar-refractivity contribution in [2.24, 2.45) is 0 Å². The first-order valence-electron chi connectivity index (χ1n) is 5.27. The van der Waals surface area contributed by atoms with Crippen LogP contribution in [0.15, 0.2) is 9.85 Å². The van der Waals surface area contributed by atoms with Crippen molar-refractivity contribution in [2.45, 2.75) is 20.0 Å². The molecule has 0 aromatic carbocycles. The lowest BCUT2D eigenvalue weighted by Crippen LogP contribution is -2.03. The first-order valence-corrected chi connectivity index (χ1v) is 7.35. The average molecular weight is 346 g/mol. The number of methoxy groups -OCH3 is 1. The zero-order valence-corrected chi connectivity index (χ0v) is 13.2. The van der Waals surface area contributed by atoms with E-state index in [1.165, 1.54) is 0 Å². The fourth-order valence-corrected chi connectivity index (χ4v) is 2.82. The summed E-state index contributed by atoms with van der Waals surface area (Å²) in [5.41, 5.74) is 1.93. The van der Waals surface area contributed by atoms with Crippen molar-refractivity contribution >= 4 is 39.5 Å². The van der Waals surface area contributed by atoms with E-state index in [9.17, 15) is 0 Å². The number of nitrogens with zero attached hydrogens (tertiary/aromatic N) is 2. The monoisotopic (exact) mass is 345 g/mol. The second-order valence-corrected chi connectivity index (χ2v) is 5.90. The lowest BCUT2D eigenvalue weighted by molar-refractivity contribution is 0.180. The van der Waals surface area contributed by atoms with Crippen LogP contribution in [0.3, 0.4) is 0 Å². The van der Waals surface area contributed by atoms with Crippen LogP contribution in [0.25, 0.3) is 0 Å². The predicted octanol–water partition coefficient (Wildman–Crippen LogP) is 3.40. The number of aromatic amines is 1. The van der Waals surface area contributed by atoms with Gasteiger partial charge >= 0.3 is 0 Å². The normalized spacial score (nSPS) is 10.8. The first-order chi connectivity index (χ1) is 8.60. The summed E-state index contributed by atoms with van der Waals surface area (Å²) < 4.78 is 6.46. The van der Waals surface area contributed by atoms with Crippen LogP contribution >= 0.6 is 39.5 Å². The molecule has 0 saturated carbocycles. The van der Waals surface area contributed by atoms with Gasteiger partial charge < -0.3 is 9.72 Å². The van der Waals surface area contributed by atoms with Gasteiger partial charge in [0.2, 0.25) is 0 Å². The van der Waals surface area contributed by atoms with Crippen molar-refractivity contribution in [3.05, 3.63) is 36.7 Å². The van der Waals surface area contributed by atoms with E-state index in [1.807, 2.05) is 12.3 Å². The number of rotatable bonds is 4. The van der Waals surface area contributed by atoms with Crippen LogP contribution in [0, 0.1) is 11.6 Å². The van der Waals surface area contributed by atoms with E-state index in [1.54, 1.807) is 18.4 Å². The molecule has 1 N–H and O–H groups in total. The van der Waals surface area contributed by atoms with Crippen molar-refractivity contribution in [3.63, 3.8) is 0 Å². The Morgan fingerprint density at radius 3 is 2.89 bits per heavy atom. The summed E-state index contributed by atoms with van der Waals surface area (Å²) in [4.78, 5) is 12.0. The molecule has 0 fully saturated rings. The molecule has 0 aliphatic carbocycles. The highest BCUT2D eigenvalue weighted by molar-refractivity contribution is 9.10. The number of ether oxygens (including phenoxy) is 1. The Hall–Kier alpha value is -0.630. The van der Waals surface area contributed by atoms with Gasteiger partial charge in [0, 0.05) is 18.2 Å². The third-order valence-corrected chi connectivity index (χ3v) is 4.64. The Bertz CT molecular complexity index is 609. The van der Waals surface area contributed by atoms with E-state index in [2.05, 4.69) is 30.9 Å². The number of H-pyrrole nitrogens is 1. The fourth-order valence-electron chi connectivity index (χ4n) is 1.51. The van der Waals surface area contributed by atoms with Crippen LogP contribution in [0.2, 0.25) is 0 Å². The first kappa shape index (κ1) is 13.8.